The summed E-state index contributed by atoms with van der Waals surface area (Å²) in [6.07, 6.45) is 62.5. The normalized spacial score (nSPS) is 13.8. The molecule has 62 heavy (non-hydrogen) atoms. The Bertz CT molecular complexity index is 1150. The Morgan fingerprint density at radius 1 is 0.484 bits per heavy atom. The second-order valence-corrected chi connectivity index (χ2v) is 17.5. The Morgan fingerprint density at radius 3 is 1.37 bits per heavy atom. The third-order valence-corrected chi connectivity index (χ3v) is 11.5. The number of hydrogen-bond donors (Lipinski definition) is 3. The van der Waals surface area contributed by atoms with E-state index in [1.807, 2.05) is 0 Å². The van der Waals surface area contributed by atoms with Crippen LogP contribution in [0.4, 0.5) is 0 Å². The van der Waals surface area contributed by atoms with Crippen molar-refractivity contribution in [2.45, 2.75) is 264 Å². The summed E-state index contributed by atoms with van der Waals surface area (Å²) in [7, 11) is 0. The first-order valence-electron chi connectivity index (χ1n) is 26.2. The molecule has 6 heteroatoms. The van der Waals surface area contributed by atoms with Gasteiger partial charge < -0.3 is 20.3 Å². The number of amides is 1. The minimum Gasteiger partial charge on any atom is -0.462 e. The molecular weight excluding hydrogens is 767 g/mol. The van der Waals surface area contributed by atoms with Crippen LogP contribution in [0.2, 0.25) is 0 Å². The number of allylic oxidation sites excluding steroid dienone is 12. The van der Waals surface area contributed by atoms with Gasteiger partial charge in [0.15, 0.2) is 0 Å². The molecule has 3 atom stereocenters. The molecule has 6 nitrogen and oxygen atoms in total. The van der Waals surface area contributed by atoms with Crippen LogP contribution in [0.25, 0.3) is 0 Å². The van der Waals surface area contributed by atoms with E-state index in [2.05, 4.69) is 99.0 Å². The smallest absolute Gasteiger partial charge is 0.306 e. The van der Waals surface area contributed by atoms with Crippen molar-refractivity contribution < 1.29 is 24.5 Å². The van der Waals surface area contributed by atoms with E-state index in [1.54, 1.807) is 0 Å². The van der Waals surface area contributed by atoms with E-state index in [-0.39, 0.29) is 24.9 Å². The highest BCUT2D eigenvalue weighted by molar-refractivity contribution is 5.77. The van der Waals surface area contributed by atoms with Crippen molar-refractivity contribution in [1.82, 2.24) is 5.32 Å². The van der Waals surface area contributed by atoms with Crippen LogP contribution in [0.3, 0.4) is 0 Å². The third kappa shape index (κ3) is 43.9. The van der Waals surface area contributed by atoms with Crippen molar-refractivity contribution in [3.63, 3.8) is 0 Å². The van der Waals surface area contributed by atoms with E-state index in [0.29, 0.717) is 19.3 Å². The van der Waals surface area contributed by atoms with Crippen LogP contribution in [0, 0.1) is 0 Å². The molecule has 0 bridgehead atoms. The summed E-state index contributed by atoms with van der Waals surface area (Å²) in [5.41, 5.74) is 0. The predicted molar refractivity (Wildman–Crippen MR) is 268 cm³/mol. The first kappa shape index (κ1) is 59.3. The number of carbonyl (C=O) groups is 2. The quantitative estimate of drug-likeness (QED) is 0.0322. The number of nitrogens with one attached hydrogen (secondary N) is 1. The minimum atomic E-state index is -0.804. The molecule has 0 aliphatic heterocycles. The van der Waals surface area contributed by atoms with Crippen molar-refractivity contribution in [3.05, 3.63) is 72.9 Å². The molecule has 0 spiro atoms. The molecule has 0 aliphatic carbocycles. The highest BCUT2D eigenvalue weighted by Crippen LogP contribution is 2.17. The van der Waals surface area contributed by atoms with Gasteiger partial charge in [-0.3, -0.25) is 9.59 Å². The Balaban J connectivity index is 4.63. The molecule has 0 radical (unpaired) electrons. The highest BCUT2D eigenvalue weighted by Gasteiger charge is 2.24. The molecule has 0 heterocycles. The van der Waals surface area contributed by atoms with E-state index < -0.39 is 18.2 Å². The van der Waals surface area contributed by atoms with Gasteiger partial charge >= 0.3 is 5.97 Å². The molecule has 1 amide bonds. The van der Waals surface area contributed by atoms with Crippen LogP contribution in [0.1, 0.15) is 245 Å². The van der Waals surface area contributed by atoms with Gasteiger partial charge in [0.1, 0.15) is 6.10 Å². The molecule has 0 saturated heterocycles. The summed E-state index contributed by atoms with van der Waals surface area (Å²) in [6, 6.07) is -0.721. The second kappa shape index (κ2) is 49.3. The molecule has 0 aromatic heterocycles. The number of aliphatic hydroxyl groups excluding tert-OH is 2. The molecule has 0 fully saturated rings. The zero-order chi connectivity index (χ0) is 45.2. The van der Waals surface area contributed by atoms with Crippen molar-refractivity contribution >= 4 is 11.9 Å². The first-order chi connectivity index (χ1) is 30.5. The summed E-state index contributed by atoms with van der Waals surface area (Å²) in [4.78, 5) is 26.1. The molecule has 358 valence electrons. The van der Waals surface area contributed by atoms with Gasteiger partial charge in [0, 0.05) is 6.42 Å². The van der Waals surface area contributed by atoms with Gasteiger partial charge in [-0.2, -0.15) is 0 Å². The van der Waals surface area contributed by atoms with E-state index in [9.17, 15) is 19.8 Å². The molecule has 0 saturated carbocycles. The van der Waals surface area contributed by atoms with Gasteiger partial charge in [-0.15, -0.1) is 0 Å². The van der Waals surface area contributed by atoms with Gasteiger partial charge in [0.2, 0.25) is 5.91 Å². The predicted octanol–water partition coefficient (Wildman–Crippen LogP) is 15.8. The topological polar surface area (TPSA) is 95.9 Å². The Morgan fingerprint density at radius 2 is 0.871 bits per heavy atom. The summed E-state index contributed by atoms with van der Waals surface area (Å²) in [5, 5.41) is 23.8. The van der Waals surface area contributed by atoms with E-state index in [0.717, 1.165) is 103 Å². The number of rotatable bonds is 46. The Hall–Kier alpha value is -2.70. The fourth-order valence-corrected chi connectivity index (χ4v) is 7.57. The maximum absolute atomic E-state index is 13.2. The van der Waals surface area contributed by atoms with Crippen molar-refractivity contribution in [3.8, 4) is 0 Å². The molecule has 0 aliphatic rings. The van der Waals surface area contributed by atoms with Crippen molar-refractivity contribution in [1.29, 1.82) is 0 Å². The first-order valence-corrected chi connectivity index (χ1v) is 26.2. The van der Waals surface area contributed by atoms with Crippen molar-refractivity contribution in [2.75, 3.05) is 6.61 Å². The molecule has 3 unspecified atom stereocenters. The summed E-state index contributed by atoms with van der Waals surface area (Å²) < 4.78 is 5.90. The number of aliphatic hydroxyl groups is 2. The molecule has 0 aromatic rings. The lowest BCUT2D eigenvalue weighted by molar-refractivity contribution is -0.151. The zero-order valence-electron chi connectivity index (χ0n) is 40.7. The van der Waals surface area contributed by atoms with Gasteiger partial charge in [-0.25, -0.2) is 0 Å². The zero-order valence-corrected chi connectivity index (χ0v) is 40.7. The fourth-order valence-electron chi connectivity index (χ4n) is 7.57. The lowest BCUT2D eigenvalue weighted by Gasteiger charge is -2.24. The maximum atomic E-state index is 13.2. The molecular formula is C56H99NO5. The van der Waals surface area contributed by atoms with Crippen LogP contribution >= 0.6 is 0 Å². The standard InChI is InChI=1S/C56H99NO5/c1-4-7-10-13-16-19-22-25-27-28-29-31-34-37-40-43-46-49-56(61)62-52(47-44-41-38-35-32-24-21-18-15-12-9-6-3)50-55(60)57-53(51-58)54(59)48-45-42-39-36-33-30-26-23-20-17-14-11-8-5-2/h9,12,16,18-19,21,25,27,29,31-32,35,52-54,58-59H,4-8,10-11,13-15,17,20,22-24,26,28,30,33-34,36-51H2,1-3H3,(H,57,60)/b12-9+,19-16-,21-18+,27-25-,31-29-,35-32+. The van der Waals surface area contributed by atoms with Gasteiger partial charge in [-0.1, -0.05) is 209 Å². The summed E-state index contributed by atoms with van der Waals surface area (Å²) in [6.45, 7) is 6.33. The van der Waals surface area contributed by atoms with Crippen molar-refractivity contribution in [2.24, 2.45) is 0 Å². The molecule has 0 aromatic carbocycles. The van der Waals surface area contributed by atoms with E-state index in [4.69, 9.17) is 4.74 Å². The highest BCUT2D eigenvalue weighted by atomic mass is 16.5. The minimum absolute atomic E-state index is 0.0399. The third-order valence-electron chi connectivity index (χ3n) is 11.5. The van der Waals surface area contributed by atoms with Gasteiger partial charge in [0.25, 0.3) is 0 Å². The van der Waals surface area contributed by atoms with E-state index >= 15 is 0 Å². The average Bonchev–Trinajstić information content (AvgIpc) is 3.26. The number of hydrogen-bond acceptors (Lipinski definition) is 5. The van der Waals surface area contributed by atoms with Crippen LogP contribution in [0.15, 0.2) is 72.9 Å². The fraction of sp³-hybridized carbons (Fsp3) is 0.750. The van der Waals surface area contributed by atoms with Crippen LogP contribution in [-0.4, -0.2) is 46.9 Å². The van der Waals surface area contributed by atoms with Crippen LogP contribution < -0.4 is 5.32 Å². The number of ether oxygens (including phenoxy) is 1. The Kier molecular flexibility index (Phi) is 47.2. The largest absolute Gasteiger partial charge is 0.462 e. The second-order valence-electron chi connectivity index (χ2n) is 17.5. The summed E-state index contributed by atoms with van der Waals surface area (Å²) >= 11 is 0. The lowest BCUT2D eigenvalue weighted by Crippen LogP contribution is -2.46. The lowest BCUT2D eigenvalue weighted by atomic mass is 10.0. The SMILES string of the molecule is CC/C=C/C/C=C/C/C=C/CCCCC(CC(=O)NC(CO)C(O)CCCCCCCCCCCCCCCC)OC(=O)CCCCCC/C=C\C/C=C\C/C=C\CCCCC. The van der Waals surface area contributed by atoms with Gasteiger partial charge in [0.05, 0.1) is 25.2 Å². The maximum Gasteiger partial charge on any atom is 0.306 e. The molecule has 3 N–H and O–H groups in total. The molecule has 0 rings (SSSR count). The van der Waals surface area contributed by atoms with Crippen LogP contribution in [0.5, 0.6) is 0 Å². The number of unbranched alkanes of at least 4 members (excludes halogenated alkanes) is 22. The number of esters is 1. The van der Waals surface area contributed by atoms with Crippen LogP contribution in [-0.2, 0) is 14.3 Å². The van der Waals surface area contributed by atoms with Gasteiger partial charge in [-0.05, 0) is 96.3 Å². The average molecular weight is 866 g/mol. The Labute approximate surface area is 383 Å². The summed E-state index contributed by atoms with van der Waals surface area (Å²) in [5.74, 6) is -0.539. The van der Waals surface area contributed by atoms with E-state index in [1.165, 1.54) is 96.3 Å². The monoisotopic (exact) mass is 866 g/mol. The number of carbonyl (C=O) groups excluding carboxylic acids is 2.